The van der Waals surface area contributed by atoms with Crippen LogP contribution in [-0.2, 0) is 4.74 Å². The Morgan fingerprint density at radius 2 is 2.29 bits per heavy atom. The van der Waals surface area contributed by atoms with Crippen molar-refractivity contribution in [1.82, 2.24) is 0 Å². The molecule has 0 aromatic heterocycles. The third kappa shape index (κ3) is 1.65. The second-order valence-electron chi connectivity index (χ2n) is 4.13. The number of nitrogens with zero attached hydrogens (tertiary/aromatic N) is 1. The minimum absolute atomic E-state index is 0.383. The Hall–Kier alpha value is -0.590. The van der Waals surface area contributed by atoms with Gasteiger partial charge >= 0.3 is 0 Å². The van der Waals surface area contributed by atoms with Gasteiger partial charge in [0.1, 0.15) is 5.41 Å². The van der Waals surface area contributed by atoms with Gasteiger partial charge in [0, 0.05) is 6.61 Å². The third-order valence-corrected chi connectivity index (χ3v) is 3.37. The lowest BCUT2D eigenvalue weighted by Crippen LogP contribution is -2.47. The summed E-state index contributed by atoms with van der Waals surface area (Å²) in [5.41, 5.74) is -1.54. The summed E-state index contributed by atoms with van der Waals surface area (Å²) in [6.45, 7) is 4.95. The Balaban J connectivity index is 2.90. The van der Waals surface area contributed by atoms with Crippen molar-refractivity contribution in [1.29, 1.82) is 5.26 Å². The molecule has 1 rings (SSSR count). The maximum absolute atomic E-state index is 10.5. The zero-order chi connectivity index (χ0) is 10.7. The maximum atomic E-state index is 10.5. The van der Waals surface area contributed by atoms with Crippen molar-refractivity contribution < 1.29 is 9.84 Å². The molecule has 0 spiro atoms. The number of rotatable bonds is 4. The first-order valence-corrected chi connectivity index (χ1v) is 5.35. The van der Waals surface area contributed by atoms with E-state index in [-0.39, 0.29) is 0 Å². The highest BCUT2D eigenvalue weighted by Gasteiger charge is 2.51. The molecule has 2 unspecified atom stereocenters. The van der Waals surface area contributed by atoms with Gasteiger partial charge in [-0.3, -0.25) is 0 Å². The topological polar surface area (TPSA) is 53.2 Å². The van der Waals surface area contributed by atoms with E-state index in [2.05, 4.69) is 6.07 Å². The van der Waals surface area contributed by atoms with Crippen LogP contribution in [0.5, 0.6) is 0 Å². The largest absolute Gasteiger partial charge is 0.388 e. The van der Waals surface area contributed by atoms with Crippen LogP contribution in [0, 0.1) is 16.7 Å². The first-order chi connectivity index (χ1) is 6.64. The summed E-state index contributed by atoms with van der Waals surface area (Å²) >= 11 is 0. The molecule has 0 bridgehead atoms. The summed E-state index contributed by atoms with van der Waals surface area (Å²) in [4.78, 5) is 0. The molecule has 1 saturated heterocycles. The predicted octanol–water partition coefficient (Wildman–Crippen LogP) is 1.86. The Morgan fingerprint density at radius 3 is 2.64 bits per heavy atom. The van der Waals surface area contributed by atoms with Crippen molar-refractivity contribution in [2.75, 3.05) is 13.2 Å². The number of aliphatic hydroxyl groups is 1. The molecule has 0 amide bonds. The molecule has 80 valence electrons. The normalized spacial score (nSPS) is 31.0. The SMILES string of the molecule is CCCC(O)(CC)C1(C#N)CCOC1. The fourth-order valence-electron chi connectivity index (χ4n) is 2.29. The van der Waals surface area contributed by atoms with Gasteiger partial charge in [-0.25, -0.2) is 0 Å². The average molecular weight is 197 g/mol. The van der Waals surface area contributed by atoms with E-state index in [9.17, 15) is 10.4 Å². The second kappa shape index (κ2) is 4.29. The van der Waals surface area contributed by atoms with Crippen molar-refractivity contribution in [2.45, 2.75) is 45.1 Å². The Kier molecular flexibility index (Phi) is 3.52. The quantitative estimate of drug-likeness (QED) is 0.748. The van der Waals surface area contributed by atoms with Crippen LogP contribution >= 0.6 is 0 Å². The Bertz CT molecular complexity index is 228. The number of hydrogen-bond donors (Lipinski definition) is 1. The van der Waals surface area contributed by atoms with Crippen LogP contribution in [0.25, 0.3) is 0 Å². The fraction of sp³-hybridized carbons (Fsp3) is 0.909. The summed E-state index contributed by atoms with van der Waals surface area (Å²) in [5, 5.41) is 19.7. The van der Waals surface area contributed by atoms with Crippen molar-refractivity contribution in [2.24, 2.45) is 5.41 Å². The van der Waals surface area contributed by atoms with Crippen molar-refractivity contribution in [3.8, 4) is 6.07 Å². The van der Waals surface area contributed by atoms with Crippen molar-refractivity contribution in [3.63, 3.8) is 0 Å². The van der Waals surface area contributed by atoms with E-state index in [1.165, 1.54) is 0 Å². The summed E-state index contributed by atoms with van der Waals surface area (Å²) in [5.74, 6) is 0. The van der Waals surface area contributed by atoms with E-state index < -0.39 is 11.0 Å². The zero-order valence-electron chi connectivity index (χ0n) is 9.05. The van der Waals surface area contributed by atoms with E-state index in [1.807, 2.05) is 13.8 Å². The molecule has 1 heterocycles. The minimum Gasteiger partial charge on any atom is -0.388 e. The standard InChI is InChI=1S/C11H19NO2/c1-3-5-11(13,4-2)10(8-12)6-7-14-9-10/h13H,3-7,9H2,1-2H3. The lowest BCUT2D eigenvalue weighted by atomic mass is 9.68. The van der Waals surface area contributed by atoms with Gasteiger partial charge in [-0.1, -0.05) is 20.3 Å². The van der Waals surface area contributed by atoms with Crippen LogP contribution in [0.4, 0.5) is 0 Å². The molecule has 0 aromatic carbocycles. The first kappa shape index (κ1) is 11.5. The lowest BCUT2D eigenvalue weighted by Gasteiger charge is -2.38. The number of ether oxygens (including phenoxy) is 1. The maximum Gasteiger partial charge on any atom is 0.111 e. The third-order valence-electron chi connectivity index (χ3n) is 3.37. The van der Waals surface area contributed by atoms with Crippen molar-refractivity contribution in [3.05, 3.63) is 0 Å². The second-order valence-corrected chi connectivity index (χ2v) is 4.13. The molecule has 1 fully saturated rings. The molecular formula is C11H19NO2. The van der Waals surface area contributed by atoms with E-state index in [4.69, 9.17) is 4.74 Å². The van der Waals surface area contributed by atoms with Gasteiger partial charge in [0.25, 0.3) is 0 Å². The highest BCUT2D eigenvalue weighted by atomic mass is 16.5. The van der Waals surface area contributed by atoms with Gasteiger partial charge in [0.2, 0.25) is 0 Å². The molecule has 0 saturated carbocycles. The summed E-state index contributed by atoms with van der Waals surface area (Å²) in [6.07, 6.45) is 2.86. The average Bonchev–Trinajstić information content (AvgIpc) is 2.68. The van der Waals surface area contributed by atoms with Crippen LogP contribution in [0.2, 0.25) is 0 Å². The Labute approximate surface area is 85.7 Å². The smallest absolute Gasteiger partial charge is 0.111 e. The molecule has 2 atom stereocenters. The van der Waals surface area contributed by atoms with Crippen LogP contribution in [0.15, 0.2) is 0 Å². The summed E-state index contributed by atoms with van der Waals surface area (Å²) in [7, 11) is 0. The highest BCUT2D eigenvalue weighted by Crippen LogP contribution is 2.43. The van der Waals surface area contributed by atoms with Gasteiger partial charge in [-0.15, -0.1) is 0 Å². The molecule has 1 aliphatic rings. The molecular weight excluding hydrogens is 178 g/mol. The van der Waals surface area contributed by atoms with Gasteiger partial charge in [0.05, 0.1) is 18.3 Å². The van der Waals surface area contributed by atoms with Gasteiger partial charge < -0.3 is 9.84 Å². The summed E-state index contributed by atoms with van der Waals surface area (Å²) in [6, 6.07) is 2.28. The van der Waals surface area contributed by atoms with Gasteiger partial charge in [-0.05, 0) is 19.3 Å². The number of nitriles is 1. The van der Waals surface area contributed by atoms with Crippen molar-refractivity contribution >= 4 is 0 Å². The Morgan fingerprint density at radius 1 is 1.57 bits per heavy atom. The van der Waals surface area contributed by atoms with E-state index in [0.717, 1.165) is 6.42 Å². The predicted molar refractivity (Wildman–Crippen MR) is 53.6 cm³/mol. The molecule has 1 aliphatic heterocycles. The number of hydrogen-bond acceptors (Lipinski definition) is 3. The molecule has 3 nitrogen and oxygen atoms in total. The highest BCUT2D eigenvalue weighted by molar-refractivity contribution is 5.12. The summed E-state index contributed by atoms with van der Waals surface area (Å²) < 4.78 is 5.26. The van der Waals surface area contributed by atoms with E-state index in [0.29, 0.717) is 32.5 Å². The molecule has 1 N–H and O–H groups in total. The minimum atomic E-state index is -0.868. The van der Waals surface area contributed by atoms with Crippen LogP contribution in [0.1, 0.15) is 39.5 Å². The van der Waals surface area contributed by atoms with Crippen LogP contribution in [-0.4, -0.2) is 23.9 Å². The van der Waals surface area contributed by atoms with E-state index in [1.54, 1.807) is 0 Å². The van der Waals surface area contributed by atoms with Gasteiger partial charge in [-0.2, -0.15) is 5.26 Å². The van der Waals surface area contributed by atoms with Crippen LogP contribution < -0.4 is 0 Å². The fourth-order valence-corrected chi connectivity index (χ4v) is 2.29. The molecule has 0 aromatic rings. The van der Waals surface area contributed by atoms with Gasteiger partial charge in [0.15, 0.2) is 0 Å². The monoisotopic (exact) mass is 197 g/mol. The van der Waals surface area contributed by atoms with E-state index >= 15 is 0 Å². The molecule has 14 heavy (non-hydrogen) atoms. The zero-order valence-corrected chi connectivity index (χ0v) is 9.05. The van der Waals surface area contributed by atoms with Crippen LogP contribution in [0.3, 0.4) is 0 Å². The molecule has 0 aliphatic carbocycles. The first-order valence-electron chi connectivity index (χ1n) is 5.35. The molecule has 3 heteroatoms. The lowest BCUT2D eigenvalue weighted by molar-refractivity contribution is -0.0679. The molecule has 0 radical (unpaired) electrons.